The molecule has 0 fully saturated rings. The highest BCUT2D eigenvalue weighted by Crippen LogP contribution is 2.21. The van der Waals surface area contributed by atoms with Crippen LogP contribution < -0.4 is 10.1 Å². The summed E-state index contributed by atoms with van der Waals surface area (Å²) in [5.74, 6) is 0.671. The Morgan fingerprint density at radius 1 is 1.05 bits per heavy atom. The van der Waals surface area contributed by atoms with Crippen molar-refractivity contribution in [1.29, 1.82) is 0 Å². The second-order valence-electron chi connectivity index (χ2n) is 4.51. The topological polar surface area (TPSA) is 38.3 Å². The van der Waals surface area contributed by atoms with E-state index in [1.54, 1.807) is 0 Å². The lowest BCUT2D eigenvalue weighted by molar-refractivity contribution is -0.122. The zero-order valence-electron chi connectivity index (χ0n) is 11.6. The van der Waals surface area contributed by atoms with E-state index in [-0.39, 0.29) is 12.5 Å². The molecule has 0 aliphatic heterocycles. The van der Waals surface area contributed by atoms with Crippen LogP contribution in [0.3, 0.4) is 0 Å². The summed E-state index contributed by atoms with van der Waals surface area (Å²) in [7, 11) is 0. The van der Waals surface area contributed by atoms with Gasteiger partial charge in [-0.15, -0.1) is 0 Å². The van der Waals surface area contributed by atoms with Crippen LogP contribution in [0, 0.1) is 0 Å². The van der Waals surface area contributed by atoms with E-state index in [9.17, 15) is 4.79 Å². The van der Waals surface area contributed by atoms with Crippen molar-refractivity contribution in [3.05, 3.63) is 65.7 Å². The number of amides is 1. The Balaban J connectivity index is 2.04. The normalized spacial score (nSPS) is 10.1. The zero-order valence-corrected chi connectivity index (χ0v) is 11.6. The first kappa shape index (κ1) is 14.1. The summed E-state index contributed by atoms with van der Waals surface area (Å²) >= 11 is 0. The molecule has 0 saturated carbocycles. The summed E-state index contributed by atoms with van der Waals surface area (Å²) in [6.07, 6.45) is 0.798. The third-order valence-corrected chi connectivity index (χ3v) is 2.94. The van der Waals surface area contributed by atoms with Gasteiger partial charge in [0.25, 0.3) is 5.91 Å². The van der Waals surface area contributed by atoms with Gasteiger partial charge in [-0.25, -0.2) is 0 Å². The maximum atomic E-state index is 11.4. The molecule has 1 N–H and O–H groups in total. The molecule has 1 amide bonds. The molecule has 3 heteroatoms. The van der Waals surface area contributed by atoms with Crippen molar-refractivity contribution in [2.45, 2.75) is 13.3 Å². The van der Waals surface area contributed by atoms with Crippen LogP contribution in [0.15, 0.2) is 54.6 Å². The van der Waals surface area contributed by atoms with E-state index in [1.165, 1.54) is 5.56 Å². The Morgan fingerprint density at radius 2 is 1.75 bits per heavy atom. The monoisotopic (exact) mass is 269 g/mol. The van der Waals surface area contributed by atoms with Crippen LogP contribution in [0.25, 0.3) is 0 Å². The fourth-order valence-electron chi connectivity index (χ4n) is 2.00. The van der Waals surface area contributed by atoms with Crippen molar-refractivity contribution in [1.82, 2.24) is 5.32 Å². The molecule has 20 heavy (non-hydrogen) atoms. The molecule has 2 aromatic rings. The first-order valence-corrected chi connectivity index (χ1v) is 6.81. The Bertz CT molecular complexity index is 552. The van der Waals surface area contributed by atoms with Crippen LogP contribution in [0.2, 0.25) is 0 Å². The Labute approximate surface area is 119 Å². The predicted molar refractivity (Wildman–Crippen MR) is 79.9 cm³/mol. The number of hydrogen-bond donors (Lipinski definition) is 1. The molecule has 0 aliphatic carbocycles. The smallest absolute Gasteiger partial charge is 0.257 e. The fourth-order valence-corrected chi connectivity index (χ4v) is 2.00. The lowest BCUT2D eigenvalue weighted by Gasteiger charge is -2.11. The third-order valence-electron chi connectivity index (χ3n) is 2.94. The summed E-state index contributed by atoms with van der Waals surface area (Å²) in [4.78, 5) is 11.4. The average Bonchev–Trinajstić information content (AvgIpc) is 2.48. The molecule has 104 valence electrons. The number of ether oxygens (including phenoxy) is 1. The van der Waals surface area contributed by atoms with Gasteiger partial charge < -0.3 is 10.1 Å². The van der Waals surface area contributed by atoms with Gasteiger partial charge in [-0.3, -0.25) is 4.79 Å². The van der Waals surface area contributed by atoms with Gasteiger partial charge in [0.1, 0.15) is 5.75 Å². The molecule has 3 nitrogen and oxygen atoms in total. The summed E-state index contributed by atoms with van der Waals surface area (Å²) in [5.41, 5.74) is 2.31. The van der Waals surface area contributed by atoms with E-state index < -0.39 is 0 Å². The second kappa shape index (κ2) is 7.34. The van der Waals surface area contributed by atoms with Crippen LogP contribution in [0.1, 0.15) is 18.1 Å². The molecule has 0 radical (unpaired) electrons. The number of rotatable bonds is 6. The SMILES string of the molecule is CCNC(=O)COc1ccccc1Cc1ccccc1. The molecular weight excluding hydrogens is 250 g/mol. The van der Waals surface area contributed by atoms with Crippen molar-refractivity contribution in [2.24, 2.45) is 0 Å². The Kier molecular flexibility index (Phi) is 5.18. The molecule has 0 heterocycles. The number of benzene rings is 2. The predicted octanol–water partition coefficient (Wildman–Crippen LogP) is 2.79. The highest BCUT2D eigenvalue weighted by atomic mass is 16.5. The lowest BCUT2D eigenvalue weighted by Crippen LogP contribution is -2.28. The van der Waals surface area contributed by atoms with Crippen LogP contribution in [0.4, 0.5) is 0 Å². The number of likely N-dealkylation sites (N-methyl/N-ethyl adjacent to an activating group) is 1. The van der Waals surface area contributed by atoms with Crippen LogP contribution in [0.5, 0.6) is 5.75 Å². The minimum atomic E-state index is -0.0954. The van der Waals surface area contributed by atoms with Gasteiger partial charge in [-0.1, -0.05) is 48.5 Å². The van der Waals surface area contributed by atoms with Gasteiger partial charge in [0.2, 0.25) is 0 Å². The van der Waals surface area contributed by atoms with Crippen LogP contribution in [-0.2, 0) is 11.2 Å². The molecular formula is C17H19NO2. The van der Waals surface area contributed by atoms with E-state index in [0.29, 0.717) is 6.54 Å². The second-order valence-corrected chi connectivity index (χ2v) is 4.51. The maximum Gasteiger partial charge on any atom is 0.257 e. The maximum absolute atomic E-state index is 11.4. The van der Waals surface area contributed by atoms with Gasteiger partial charge in [0, 0.05) is 13.0 Å². The summed E-state index contributed by atoms with van der Waals surface area (Å²) in [6.45, 7) is 2.56. The van der Waals surface area contributed by atoms with Crippen molar-refractivity contribution < 1.29 is 9.53 Å². The van der Waals surface area contributed by atoms with Gasteiger partial charge in [-0.05, 0) is 24.1 Å². The van der Waals surface area contributed by atoms with E-state index in [0.717, 1.165) is 17.7 Å². The van der Waals surface area contributed by atoms with E-state index in [1.807, 2.05) is 49.4 Å². The molecule has 0 aliphatic rings. The molecule has 2 aromatic carbocycles. The van der Waals surface area contributed by atoms with Gasteiger partial charge in [-0.2, -0.15) is 0 Å². The quantitative estimate of drug-likeness (QED) is 0.875. The summed E-state index contributed by atoms with van der Waals surface area (Å²) in [6, 6.07) is 18.0. The van der Waals surface area contributed by atoms with Crippen molar-refractivity contribution >= 4 is 5.91 Å². The third kappa shape index (κ3) is 4.12. The van der Waals surface area contributed by atoms with E-state index >= 15 is 0 Å². The number of hydrogen-bond acceptors (Lipinski definition) is 2. The molecule has 0 saturated heterocycles. The van der Waals surface area contributed by atoms with E-state index in [4.69, 9.17) is 4.74 Å². The first-order valence-electron chi connectivity index (χ1n) is 6.81. The molecule has 2 rings (SSSR count). The average molecular weight is 269 g/mol. The first-order chi connectivity index (χ1) is 9.79. The van der Waals surface area contributed by atoms with Crippen molar-refractivity contribution in [3.8, 4) is 5.75 Å². The van der Waals surface area contributed by atoms with Gasteiger partial charge in [0.15, 0.2) is 6.61 Å². The van der Waals surface area contributed by atoms with Crippen molar-refractivity contribution in [3.63, 3.8) is 0 Å². The largest absolute Gasteiger partial charge is 0.483 e. The zero-order chi connectivity index (χ0) is 14.2. The highest BCUT2D eigenvalue weighted by Gasteiger charge is 2.06. The molecule has 0 bridgehead atoms. The lowest BCUT2D eigenvalue weighted by atomic mass is 10.0. The van der Waals surface area contributed by atoms with E-state index in [2.05, 4.69) is 17.4 Å². The molecule has 0 unspecified atom stereocenters. The standard InChI is InChI=1S/C17H19NO2/c1-2-18-17(19)13-20-16-11-7-6-10-15(16)12-14-8-4-3-5-9-14/h3-11H,2,12-13H2,1H3,(H,18,19). The number of carbonyl (C=O) groups excluding carboxylic acids is 1. The Hall–Kier alpha value is -2.29. The number of carbonyl (C=O) groups is 1. The fraction of sp³-hybridized carbons (Fsp3) is 0.235. The van der Waals surface area contributed by atoms with Gasteiger partial charge in [0.05, 0.1) is 0 Å². The minimum absolute atomic E-state index is 0.0552. The number of para-hydroxylation sites is 1. The van der Waals surface area contributed by atoms with Crippen LogP contribution in [-0.4, -0.2) is 19.1 Å². The summed E-state index contributed by atoms with van der Waals surface area (Å²) in [5, 5.41) is 2.72. The molecule has 0 spiro atoms. The number of nitrogens with one attached hydrogen (secondary N) is 1. The highest BCUT2D eigenvalue weighted by molar-refractivity contribution is 5.77. The van der Waals surface area contributed by atoms with Gasteiger partial charge >= 0.3 is 0 Å². The summed E-state index contributed by atoms with van der Waals surface area (Å²) < 4.78 is 5.61. The molecule has 0 atom stereocenters. The Morgan fingerprint density at radius 3 is 2.50 bits per heavy atom. The minimum Gasteiger partial charge on any atom is -0.483 e. The van der Waals surface area contributed by atoms with Crippen LogP contribution >= 0.6 is 0 Å². The van der Waals surface area contributed by atoms with Crippen molar-refractivity contribution in [2.75, 3.05) is 13.2 Å². The molecule has 0 aromatic heterocycles.